The Morgan fingerprint density at radius 2 is 1.57 bits per heavy atom. The van der Waals surface area contributed by atoms with Gasteiger partial charge in [0.05, 0.1) is 18.3 Å². The molecule has 3 aliphatic heterocycles. The van der Waals surface area contributed by atoms with Gasteiger partial charge in [-0.05, 0) is 89.5 Å². The van der Waals surface area contributed by atoms with Gasteiger partial charge in [-0.2, -0.15) is 0 Å². The van der Waals surface area contributed by atoms with E-state index in [2.05, 4.69) is 22.5 Å². The summed E-state index contributed by atoms with van der Waals surface area (Å²) >= 11 is 0. The van der Waals surface area contributed by atoms with E-state index in [9.17, 15) is 41.6 Å². The smallest absolute Gasteiger partial charge is 0.410 e. The van der Waals surface area contributed by atoms with Crippen molar-refractivity contribution in [2.24, 2.45) is 5.92 Å². The van der Waals surface area contributed by atoms with Crippen LogP contribution in [0, 0.1) is 11.7 Å². The minimum Gasteiger partial charge on any atom is -0.446 e. The summed E-state index contributed by atoms with van der Waals surface area (Å²) in [5.41, 5.74) is -1.73. The zero-order chi connectivity index (χ0) is 48.8. The molecule has 2 saturated heterocycles. The number of amides is 6. The van der Waals surface area contributed by atoms with Gasteiger partial charge in [-0.25, -0.2) is 31.9 Å². The molecule has 7 rings (SSSR count). The number of halogens is 1. The number of hydrogen-bond donors (Lipinski definition) is 4. The highest BCUT2D eigenvalue weighted by Crippen LogP contribution is 2.45. The second-order valence-corrected chi connectivity index (χ2v) is 21.0. The number of ether oxygens (including phenoxy) is 3. The van der Waals surface area contributed by atoms with Gasteiger partial charge in [0.1, 0.15) is 46.1 Å². The standard InChI is InChI=1S/C48H64FN7O11S/c1-5-32-28-48(32)43(59)53-68(63,64)40-26-33(49)21-22-36(40)50-23-15-8-6-7-12-20-37(51-44(60)65-34-18-13-14-19-34)42(58)56-29-35(27-38(56)41(57)52-48)66-45(61)54-24-25-55(46(62)67-47(2,3)4)39(30-54)31-16-10-9-11-17-31/h5,9-11,16-17,21-22,26,32,34-35,37-39,50H,1,6-8,12-15,18-20,23-25,27-30H2,2-4H3,(H,51,60)(H,52,57)(H,53,59)/t32-,35-,37+,38+,39?,48-/m1/s1. The Bertz CT molecular complexity index is 2330. The number of carbonyl (C=O) groups excluding carboxylic acids is 6. The minimum absolute atomic E-state index is 0.0357. The van der Waals surface area contributed by atoms with E-state index < -0.39 is 98.0 Å². The van der Waals surface area contributed by atoms with Crippen LogP contribution in [0.4, 0.5) is 24.5 Å². The van der Waals surface area contributed by atoms with Crippen molar-refractivity contribution in [3.63, 3.8) is 0 Å². The van der Waals surface area contributed by atoms with Crippen molar-refractivity contribution in [2.45, 2.75) is 144 Å². The van der Waals surface area contributed by atoms with Crippen LogP contribution in [0.2, 0.25) is 0 Å². The van der Waals surface area contributed by atoms with Gasteiger partial charge >= 0.3 is 18.3 Å². The van der Waals surface area contributed by atoms with Gasteiger partial charge in [-0.3, -0.25) is 19.3 Å². The average molecular weight is 966 g/mol. The number of sulfonamides is 1. The normalized spacial score (nSPS) is 27.4. The first-order chi connectivity index (χ1) is 32.4. The van der Waals surface area contributed by atoms with Gasteiger partial charge in [-0.1, -0.05) is 62.1 Å². The monoisotopic (exact) mass is 965 g/mol. The van der Waals surface area contributed by atoms with E-state index in [1.165, 1.54) is 21.9 Å². The van der Waals surface area contributed by atoms with Gasteiger partial charge in [0.2, 0.25) is 11.8 Å². The quantitative estimate of drug-likeness (QED) is 0.203. The Labute approximate surface area is 397 Å². The predicted molar refractivity (Wildman–Crippen MR) is 247 cm³/mol. The van der Waals surface area contributed by atoms with E-state index in [1.807, 2.05) is 35.1 Å². The van der Waals surface area contributed by atoms with Crippen LogP contribution in [0.15, 0.2) is 66.1 Å². The molecule has 5 aliphatic rings. The summed E-state index contributed by atoms with van der Waals surface area (Å²) in [5.74, 6) is -4.11. The van der Waals surface area contributed by atoms with Gasteiger partial charge in [0.25, 0.3) is 15.9 Å². The highest BCUT2D eigenvalue weighted by Gasteiger charge is 2.61. The second kappa shape index (κ2) is 21.2. The van der Waals surface area contributed by atoms with Crippen LogP contribution >= 0.6 is 0 Å². The number of alkyl carbamates (subject to hydrolysis) is 1. The molecular formula is C48H64FN7O11S. The lowest BCUT2D eigenvalue weighted by Crippen LogP contribution is -2.58. The zero-order valence-electron chi connectivity index (χ0n) is 39.0. The van der Waals surface area contributed by atoms with E-state index in [0.29, 0.717) is 38.6 Å². The molecule has 2 aromatic rings. The maximum absolute atomic E-state index is 14.8. The largest absolute Gasteiger partial charge is 0.446 e. The summed E-state index contributed by atoms with van der Waals surface area (Å²) in [4.78, 5) is 88.2. The lowest BCUT2D eigenvalue weighted by Gasteiger charge is -2.41. The first kappa shape index (κ1) is 50.0. The SMILES string of the molecule is C=C[C@@H]1C[C@@]12NC(=O)[C@@H]1C[C@@H](OC(=O)N3CCN(C(=O)OC(C)(C)C)C(c4ccccc4)C3)CN1C(=O)[C@@H](NC(=O)OC1CCCC1)CCCCCCCNc1ccc(F)cc1S(=O)(=O)NC2=O. The summed E-state index contributed by atoms with van der Waals surface area (Å²) in [6.45, 7) is 9.43. The first-order valence-electron chi connectivity index (χ1n) is 23.7. The molecule has 2 aliphatic carbocycles. The van der Waals surface area contributed by atoms with Crippen molar-refractivity contribution >= 4 is 51.7 Å². The minimum atomic E-state index is -4.70. The third-order valence-corrected chi connectivity index (χ3v) is 14.6. The third-order valence-electron chi connectivity index (χ3n) is 13.2. The van der Waals surface area contributed by atoms with Crippen molar-refractivity contribution in [1.29, 1.82) is 0 Å². The topological polar surface area (TPSA) is 222 Å². The molecule has 20 heteroatoms. The van der Waals surface area contributed by atoms with Crippen molar-refractivity contribution in [3.05, 3.63) is 72.6 Å². The number of nitrogens with zero attached hydrogens (tertiary/aromatic N) is 3. The lowest BCUT2D eigenvalue weighted by molar-refractivity contribution is -0.141. The average Bonchev–Trinajstić information content (AvgIpc) is 3.53. The van der Waals surface area contributed by atoms with E-state index in [0.717, 1.165) is 43.4 Å². The molecule has 3 heterocycles. The first-order valence-corrected chi connectivity index (χ1v) is 25.2. The fourth-order valence-electron chi connectivity index (χ4n) is 9.53. The molecule has 370 valence electrons. The van der Waals surface area contributed by atoms with Crippen molar-refractivity contribution in [1.82, 2.24) is 30.1 Å². The number of rotatable bonds is 5. The van der Waals surface area contributed by atoms with Gasteiger partial charge < -0.3 is 40.0 Å². The Morgan fingerprint density at radius 1 is 0.868 bits per heavy atom. The van der Waals surface area contributed by atoms with Gasteiger partial charge in [0.15, 0.2) is 0 Å². The number of nitrogens with one attached hydrogen (secondary N) is 4. The van der Waals surface area contributed by atoms with Crippen LogP contribution in [-0.4, -0.2) is 127 Å². The molecule has 6 atom stereocenters. The molecule has 0 radical (unpaired) electrons. The molecule has 4 N–H and O–H groups in total. The summed E-state index contributed by atoms with van der Waals surface area (Å²) in [5, 5.41) is 8.53. The van der Waals surface area contributed by atoms with Gasteiger partial charge in [-0.15, -0.1) is 6.58 Å². The van der Waals surface area contributed by atoms with E-state index in [4.69, 9.17) is 14.2 Å². The van der Waals surface area contributed by atoms with Crippen molar-refractivity contribution in [3.8, 4) is 0 Å². The van der Waals surface area contributed by atoms with E-state index in [-0.39, 0.29) is 57.2 Å². The highest BCUT2D eigenvalue weighted by atomic mass is 32.2. The fourth-order valence-corrected chi connectivity index (χ4v) is 10.8. The second-order valence-electron chi connectivity index (χ2n) is 19.4. The number of piperazine rings is 1. The van der Waals surface area contributed by atoms with Gasteiger partial charge in [0, 0.05) is 38.5 Å². The summed E-state index contributed by atoms with van der Waals surface area (Å²) in [6, 6.07) is 9.32. The molecule has 6 amide bonds. The molecule has 0 aromatic heterocycles. The molecular weight excluding hydrogens is 902 g/mol. The Morgan fingerprint density at radius 3 is 2.28 bits per heavy atom. The third kappa shape index (κ3) is 12.0. The molecule has 1 spiro atoms. The molecule has 2 saturated carbocycles. The Kier molecular flexibility index (Phi) is 15.5. The number of fused-ring (bicyclic) bond motifs is 2. The van der Waals surface area contributed by atoms with Crippen molar-refractivity contribution < 1.29 is 55.8 Å². The summed E-state index contributed by atoms with van der Waals surface area (Å²) in [6.07, 6.45) is 4.46. The van der Waals surface area contributed by atoms with E-state index in [1.54, 1.807) is 25.7 Å². The number of benzene rings is 2. The number of hydrogen-bond acceptors (Lipinski definition) is 12. The maximum atomic E-state index is 14.8. The number of anilines is 1. The summed E-state index contributed by atoms with van der Waals surface area (Å²) < 4.78 is 61.7. The lowest BCUT2D eigenvalue weighted by atomic mass is 10.0. The van der Waals surface area contributed by atoms with Crippen LogP contribution < -0.4 is 20.7 Å². The van der Waals surface area contributed by atoms with Crippen LogP contribution in [0.25, 0.3) is 0 Å². The Balaban J connectivity index is 1.16. The van der Waals surface area contributed by atoms with Crippen LogP contribution in [0.5, 0.6) is 0 Å². The summed E-state index contributed by atoms with van der Waals surface area (Å²) in [7, 11) is -4.70. The molecule has 18 nitrogen and oxygen atoms in total. The highest BCUT2D eigenvalue weighted by molar-refractivity contribution is 7.90. The molecule has 1 unspecified atom stereocenters. The number of carbonyl (C=O) groups is 6. The van der Waals surface area contributed by atoms with Crippen LogP contribution in [-0.2, 0) is 38.6 Å². The molecule has 68 heavy (non-hydrogen) atoms. The van der Waals surface area contributed by atoms with Crippen LogP contribution in [0.1, 0.15) is 109 Å². The molecule has 2 aromatic carbocycles. The Hall–Kier alpha value is -5.92. The maximum Gasteiger partial charge on any atom is 0.410 e. The van der Waals surface area contributed by atoms with E-state index >= 15 is 0 Å². The van der Waals surface area contributed by atoms with Crippen LogP contribution in [0.3, 0.4) is 0 Å². The molecule has 4 fully saturated rings. The predicted octanol–water partition coefficient (Wildman–Crippen LogP) is 5.90. The zero-order valence-corrected chi connectivity index (χ0v) is 39.8. The molecule has 0 bridgehead atoms. The fraction of sp³-hybridized carbons (Fsp3) is 0.583. The van der Waals surface area contributed by atoms with Crippen molar-refractivity contribution in [2.75, 3.05) is 38.0 Å².